The van der Waals surface area contributed by atoms with Gasteiger partial charge < -0.3 is 0 Å². The third-order valence-electron chi connectivity index (χ3n) is 2.52. The van der Waals surface area contributed by atoms with Gasteiger partial charge in [-0.3, -0.25) is 4.90 Å². The summed E-state index contributed by atoms with van der Waals surface area (Å²) in [6, 6.07) is 8.43. The molecule has 1 aliphatic rings. The topological polar surface area (TPSA) is 3.24 Å². The van der Waals surface area contributed by atoms with Gasteiger partial charge in [-0.15, -0.1) is 12.6 Å². The van der Waals surface area contributed by atoms with Gasteiger partial charge in [-0.2, -0.15) is 0 Å². The summed E-state index contributed by atoms with van der Waals surface area (Å²) >= 11 is 4.33. The Morgan fingerprint density at radius 1 is 1.23 bits per heavy atom. The highest BCUT2D eigenvalue weighted by Crippen LogP contribution is 2.14. The van der Waals surface area contributed by atoms with Crippen LogP contribution in [-0.4, -0.2) is 18.0 Å². The van der Waals surface area contributed by atoms with Gasteiger partial charge in [0.2, 0.25) is 0 Å². The molecule has 0 bridgehead atoms. The number of hydrogen-bond acceptors (Lipinski definition) is 2. The van der Waals surface area contributed by atoms with E-state index >= 15 is 0 Å². The lowest BCUT2D eigenvalue weighted by Crippen LogP contribution is -2.18. The Morgan fingerprint density at radius 3 is 2.69 bits per heavy atom. The first-order valence-electron chi connectivity index (χ1n) is 4.85. The first kappa shape index (κ1) is 9.10. The van der Waals surface area contributed by atoms with E-state index in [0.29, 0.717) is 0 Å². The minimum atomic E-state index is 1.07. The van der Waals surface area contributed by atoms with Gasteiger partial charge in [-0.1, -0.05) is 12.1 Å². The second-order valence-electron chi connectivity index (χ2n) is 3.65. The molecule has 0 radical (unpaired) electrons. The molecular formula is C11H15NS. The van der Waals surface area contributed by atoms with Gasteiger partial charge in [0.15, 0.2) is 0 Å². The largest absolute Gasteiger partial charge is 0.299 e. The molecule has 1 nitrogen and oxygen atoms in total. The summed E-state index contributed by atoms with van der Waals surface area (Å²) in [7, 11) is 0. The van der Waals surface area contributed by atoms with Crippen LogP contribution in [0, 0.1) is 0 Å². The van der Waals surface area contributed by atoms with Crippen molar-refractivity contribution in [2.45, 2.75) is 24.3 Å². The normalized spacial score (nSPS) is 17.9. The van der Waals surface area contributed by atoms with Crippen molar-refractivity contribution in [3.8, 4) is 0 Å². The van der Waals surface area contributed by atoms with Crippen molar-refractivity contribution >= 4 is 12.6 Å². The average Bonchev–Trinajstić information content (AvgIpc) is 2.57. The molecule has 70 valence electrons. The van der Waals surface area contributed by atoms with Crippen LogP contribution in [0.3, 0.4) is 0 Å². The average molecular weight is 193 g/mol. The van der Waals surface area contributed by atoms with Crippen molar-refractivity contribution in [2.75, 3.05) is 13.1 Å². The highest BCUT2D eigenvalue weighted by atomic mass is 32.1. The maximum absolute atomic E-state index is 4.33. The molecule has 0 N–H and O–H groups in total. The molecule has 0 spiro atoms. The number of rotatable bonds is 2. The molecule has 0 saturated carbocycles. The molecule has 1 saturated heterocycles. The molecule has 1 aromatic carbocycles. The highest BCUT2D eigenvalue weighted by Gasteiger charge is 2.11. The number of likely N-dealkylation sites (tertiary alicyclic amines) is 1. The molecule has 0 atom stereocenters. The van der Waals surface area contributed by atoms with Gasteiger partial charge in [0.25, 0.3) is 0 Å². The Morgan fingerprint density at radius 2 is 2.00 bits per heavy atom. The van der Waals surface area contributed by atoms with Gasteiger partial charge in [0.05, 0.1) is 0 Å². The Balaban J connectivity index is 2.00. The van der Waals surface area contributed by atoms with Crippen LogP contribution in [0.4, 0.5) is 0 Å². The molecule has 0 aromatic heterocycles. The van der Waals surface area contributed by atoms with Crippen LogP contribution in [0.25, 0.3) is 0 Å². The lowest BCUT2D eigenvalue weighted by molar-refractivity contribution is 0.331. The third-order valence-corrected chi connectivity index (χ3v) is 2.79. The fourth-order valence-corrected chi connectivity index (χ4v) is 2.11. The van der Waals surface area contributed by atoms with Gasteiger partial charge in [-0.25, -0.2) is 0 Å². The molecule has 0 aliphatic carbocycles. The Bertz CT molecular complexity index is 279. The summed E-state index contributed by atoms with van der Waals surface area (Å²) in [4.78, 5) is 3.57. The summed E-state index contributed by atoms with van der Waals surface area (Å²) in [6.07, 6.45) is 2.72. The fraction of sp³-hybridized carbons (Fsp3) is 0.455. The van der Waals surface area contributed by atoms with E-state index in [9.17, 15) is 0 Å². The van der Waals surface area contributed by atoms with Crippen molar-refractivity contribution in [1.29, 1.82) is 0 Å². The van der Waals surface area contributed by atoms with Crippen molar-refractivity contribution in [3.63, 3.8) is 0 Å². The maximum Gasteiger partial charge on any atom is 0.0234 e. The van der Waals surface area contributed by atoms with Gasteiger partial charge in [0.1, 0.15) is 0 Å². The highest BCUT2D eigenvalue weighted by molar-refractivity contribution is 7.80. The van der Waals surface area contributed by atoms with E-state index < -0.39 is 0 Å². The van der Waals surface area contributed by atoms with Crippen molar-refractivity contribution in [1.82, 2.24) is 4.90 Å². The Kier molecular flexibility index (Phi) is 2.91. The summed E-state index contributed by atoms with van der Waals surface area (Å²) in [5, 5.41) is 0. The van der Waals surface area contributed by atoms with Crippen LogP contribution in [0.15, 0.2) is 29.2 Å². The summed E-state index contributed by atoms with van der Waals surface area (Å²) in [5.41, 5.74) is 1.38. The van der Waals surface area contributed by atoms with E-state index in [1.54, 1.807) is 0 Å². The van der Waals surface area contributed by atoms with Crippen LogP contribution < -0.4 is 0 Å². The SMILES string of the molecule is Sc1cccc(CN2CCCC2)c1. The standard InChI is InChI=1S/C11H15NS/c13-11-5-3-4-10(8-11)9-12-6-1-2-7-12/h3-5,8,13H,1-2,6-7,9H2. The zero-order valence-electron chi connectivity index (χ0n) is 7.74. The van der Waals surface area contributed by atoms with Crippen LogP contribution >= 0.6 is 12.6 Å². The molecular weight excluding hydrogens is 178 g/mol. The second kappa shape index (κ2) is 4.16. The van der Waals surface area contributed by atoms with Crippen molar-refractivity contribution < 1.29 is 0 Å². The van der Waals surface area contributed by atoms with E-state index in [1.165, 1.54) is 31.5 Å². The summed E-state index contributed by atoms with van der Waals surface area (Å²) < 4.78 is 0. The van der Waals surface area contributed by atoms with E-state index in [4.69, 9.17) is 0 Å². The molecule has 1 fully saturated rings. The van der Waals surface area contributed by atoms with E-state index in [2.05, 4.69) is 35.7 Å². The zero-order chi connectivity index (χ0) is 9.10. The quantitative estimate of drug-likeness (QED) is 0.707. The molecule has 2 heteroatoms. The van der Waals surface area contributed by atoms with Crippen LogP contribution in [0.1, 0.15) is 18.4 Å². The maximum atomic E-state index is 4.33. The molecule has 1 heterocycles. The smallest absolute Gasteiger partial charge is 0.0234 e. The first-order valence-corrected chi connectivity index (χ1v) is 5.29. The first-order chi connectivity index (χ1) is 6.34. The predicted octanol–water partition coefficient (Wildman–Crippen LogP) is 2.57. The number of hydrogen-bond donors (Lipinski definition) is 1. The fourth-order valence-electron chi connectivity index (χ4n) is 1.85. The zero-order valence-corrected chi connectivity index (χ0v) is 8.63. The number of benzene rings is 1. The monoisotopic (exact) mass is 193 g/mol. The van der Waals surface area contributed by atoms with Crippen LogP contribution in [-0.2, 0) is 6.54 Å². The molecule has 0 unspecified atom stereocenters. The van der Waals surface area contributed by atoms with Gasteiger partial charge in [0, 0.05) is 11.4 Å². The predicted molar refractivity (Wildman–Crippen MR) is 58.2 cm³/mol. The molecule has 0 amide bonds. The molecule has 1 aromatic rings. The number of nitrogens with zero attached hydrogens (tertiary/aromatic N) is 1. The van der Waals surface area contributed by atoms with Crippen LogP contribution in [0.5, 0.6) is 0 Å². The summed E-state index contributed by atoms with van der Waals surface area (Å²) in [6.45, 7) is 3.61. The Hall–Kier alpha value is -0.470. The van der Waals surface area contributed by atoms with E-state index in [-0.39, 0.29) is 0 Å². The molecule has 13 heavy (non-hydrogen) atoms. The lowest BCUT2D eigenvalue weighted by Gasteiger charge is -2.14. The minimum absolute atomic E-state index is 1.07. The summed E-state index contributed by atoms with van der Waals surface area (Å²) in [5.74, 6) is 0. The third kappa shape index (κ3) is 2.48. The Labute approximate surface area is 85.2 Å². The van der Waals surface area contributed by atoms with E-state index in [1.807, 2.05) is 6.07 Å². The van der Waals surface area contributed by atoms with Crippen molar-refractivity contribution in [3.05, 3.63) is 29.8 Å². The van der Waals surface area contributed by atoms with Crippen LogP contribution in [0.2, 0.25) is 0 Å². The molecule has 2 rings (SSSR count). The van der Waals surface area contributed by atoms with Gasteiger partial charge >= 0.3 is 0 Å². The molecule has 1 aliphatic heterocycles. The lowest BCUT2D eigenvalue weighted by atomic mass is 10.2. The minimum Gasteiger partial charge on any atom is -0.299 e. The van der Waals surface area contributed by atoms with E-state index in [0.717, 1.165) is 11.4 Å². The second-order valence-corrected chi connectivity index (χ2v) is 4.17. The van der Waals surface area contributed by atoms with Gasteiger partial charge in [-0.05, 0) is 43.6 Å². The van der Waals surface area contributed by atoms with Crippen molar-refractivity contribution in [2.24, 2.45) is 0 Å². The number of thiol groups is 1.